The van der Waals surface area contributed by atoms with Crippen molar-refractivity contribution in [1.82, 2.24) is 4.90 Å². The minimum absolute atomic E-state index is 0.548. The highest BCUT2D eigenvalue weighted by Crippen LogP contribution is 2.25. The fraction of sp³-hybridized carbons (Fsp3) is 0.500. The first-order chi connectivity index (χ1) is 8.28. The smallest absolute Gasteiger partial charge is 0.156 e. The minimum atomic E-state index is -0.548. The molecule has 17 heavy (non-hydrogen) atoms. The average molecular weight is 230 g/mol. The second kappa shape index (κ2) is 5.31. The lowest BCUT2D eigenvalue weighted by molar-refractivity contribution is -0.0156. The summed E-state index contributed by atoms with van der Waals surface area (Å²) in [6, 6.07) is 12.7. The van der Waals surface area contributed by atoms with E-state index in [9.17, 15) is 0 Å². The van der Waals surface area contributed by atoms with Gasteiger partial charge in [-0.3, -0.25) is 4.90 Å². The molecule has 3 nitrogen and oxygen atoms in total. The highest BCUT2D eigenvalue weighted by Gasteiger charge is 2.34. The minimum Gasteiger partial charge on any atom is -0.363 e. The molecule has 90 valence electrons. The molecule has 0 atom stereocenters. The summed E-state index contributed by atoms with van der Waals surface area (Å²) in [5, 5.41) is 9.12. The summed E-state index contributed by atoms with van der Waals surface area (Å²) in [5.41, 5.74) is 0.780. The van der Waals surface area contributed by atoms with Crippen LogP contribution < -0.4 is 0 Å². The van der Waals surface area contributed by atoms with Crippen LogP contribution in [-0.4, -0.2) is 30.7 Å². The number of nitrogens with zero attached hydrogens (tertiary/aromatic N) is 2. The largest absolute Gasteiger partial charge is 0.363 e. The molecule has 1 aliphatic heterocycles. The van der Waals surface area contributed by atoms with Crippen molar-refractivity contribution in [3.8, 4) is 6.07 Å². The molecular weight excluding hydrogens is 212 g/mol. The molecule has 0 spiro atoms. The molecule has 1 aromatic carbocycles. The van der Waals surface area contributed by atoms with E-state index < -0.39 is 5.60 Å². The van der Waals surface area contributed by atoms with E-state index in [0.717, 1.165) is 32.5 Å². The molecule has 1 saturated heterocycles. The maximum atomic E-state index is 9.12. The molecule has 1 aromatic rings. The molecular formula is C14H18N2O. The van der Waals surface area contributed by atoms with Crippen LogP contribution in [0.15, 0.2) is 30.3 Å². The molecule has 3 heteroatoms. The van der Waals surface area contributed by atoms with E-state index >= 15 is 0 Å². The van der Waals surface area contributed by atoms with Crippen LogP contribution in [-0.2, 0) is 11.3 Å². The number of benzene rings is 1. The number of hydrogen-bond acceptors (Lipinski definition) is 3. The van der Waals surface area contributed by atoms with E-state index in [1.54, 1.807) is 7.11 Å². The van der Waals surface area contributed by atoms with Gasteiger partial charge in [0.25, 0.3) is 0 Å². The van der Waals surface area contributed by atoms with Crippen LogP contribution in [0.1, 0.15) is 18.4 Å². The van der Waals surface area contributed by atoms with Crippen molar-refractivity contribution >= 4 is 0 Å². The highest BCUT2D eigenvalue weighted by atomic mass is 16.5. The van der Waals surface area contributed by atoms with E-state index in [1.807, 2.05) is 6.07 Å². The zero-order chi connectivity index (χ0) is 12.1. The van der Waals surface area contributed by atoms with Gasteiger partial charge in [0.1, 0.15) is 0 Å². The third kappa shape index (κ3) is 2.85. The lowest BCUT2D eigenvalue weighted by Crippen LogP contribution is -2.44. The quantitative estimate of drug-likeness (QED) is 0.798. The Morgan fingerprint density at radius 1 is 1.29 bits per heavy atom. The molecule has 0 saturated carbocycles. The van der Waals surface area contributed by atoms with Gasteiger partial charge in [-0.15, -0.1) is 0 Å². The van der Waals surface area contributed by atoms with E-state index in [0.29, 0.717) is 0 Å². The van der Waals surface area contributed by atoms with Crippen molar-refractivity contribution < 1.29 is 4.74 Å². The number of rotatable bonds is 3. The maximum absolute atomic E-state index is 9.12. The van der Waals surface area contributed by atoms with Gasteiger partial charge in [0.15, 0.2) is 5.60 Å². The fourth-order valence-electron chi connectivity index (χ4n) is 2.28. The van der Waals surface area contributed by atoms with Crippen molar-refractivity contribution in [1.29, 1.82) is 5.26 Å². The first kappa shape index (κ1) is 12.1. The summed E-state index contributed by atoms with van der Waals surface area (Å²) >= 11 is 0. The van der Waals surface area contributed by atoms with Gasteiger partial charge >= 0.3 is 0 Å². The van der Waals surface area contributed by atoms with Gasteiger partial charge in [-0.1, -0.05) is 30.3 Å². The average Bonchev–Trinajstić information content (AvgIpc) is 2.41. The molecule has 0 amide bonds. The molecule has 2 rings (SSSR count). The monoisotopic (exact) mass is 230 g/mol. The molecule has 1 aliphatic rings. The first-order valence-corrected chi connectivity index (χ1v) is 6.01. The summed E-state index contributed by atoms with van der Waals surface area (Å²) in [6.45, 7) is 2.82. The zero-order valence-electron chi connectivity index (χ0n) is 10.2. The van der Waals surface area contributed by atoms with Crippen LogP contribution >= 0.6 is 0 Å². The molecule has 1 fully saturated rings. The number of piperidine rings is 1. The van der Waals surface area contributed by atoms with Gasteiger partial charge in [0, 0.05) is 39.6 Å². The molecule has 1 heterocycles. The molecule has 0 radical (unpaired) electrons. The summed E-state index contributed by atoms with van der Waals surface area (Å²) < 4.78 is 5.34. The Kier molecular flexibility index (Phi) is 3.78. The predicted octanol–water partition coefficient (Wildman–Crippen LogP) is 2.19. The van der Waals surface area contributed by atoms with Crippen molar-refractivity contribution in [2.75, 3.05) is 20.2 Å². The number of hydrogen-bond donors (Lipinski definition) is 0. The Hall–Kier alpha value is -1.37. The van der Waals surface area contributed by atoms with Crippen LogP contribution in [0.2, 0.25) is 0 Å². The Labute approximate surface area is 103 Å². The second-order valence-electron chi connectivity index (χ2n) is 4.57. The van der Waals surface area contributed by atoms with Crippen LogP contribution in [0.4, 0.5) is 0 Å². The number of nitriles is 1. The van der Waals surface area contributed by atoms with E-state index in [1.165, 1.54) is 5.56 Å². The third-order valence-corrected chi connectivity index (χ3v) is 3.51. The topological polar surface area (TPSA) is 36.3 Å². The van der Waals surface area contributed by atoms with Gasteiger partial charge in [-0.25, -0.2) is 0 Å². The van der Waals surface area contributed by atoms with E-state index in [4.69, 9.17) is 10.00 Å². The van der Waals surface area contributed by atoms with Crippen LogP contribution in [0.5, 0.6) is 0 Å². The molecule has 0 N–H and O–H groups in total. The first-order valence-electron chi connectivity index (χ1n) is 6.01. The molecule has 0 aromatic heterocycles. The molecule has 0 unspecified atom stereocenters. The summed E-state index contributed by atoms with van der Waals surface area (Å²) in [6.07, 6.45) is 1.60. The highest BCUT2D eigenvalue weighted by molar-refractivity contribution is 5.15. The van der Waals surface area contributed by atoms with Crippen LogP contribution in [0.25, 0.3) is 0 Å². The normalized spacial score (nSPS) is 19.8. The van der Waals surface area contributed by atoms with Gasteiger partial charge in [-0.2, -0.15) is 5.26 Å². The number of likely N-dealkylation sites (tertiary alicyclic amines) is 1. The fourth-order valence-corrected chi connectivity index (χ4v) is 2.28. The summed E-state index contributed by atoms with van der Waals surface area (Å²) in [5.74, 6) is 0. The maximum Gasteiger partial charge on any atom is 0.156 e. The Morgan fingerprint density at radius 3 is 2.47 bits per heavy atom. The van der Waals surface area contributed by atoms with E-state index in [2.05, 4.69) is 35.2 Å². The standard InChI is InChI=1S/C14H18N2O/c1-17-14(12-15)7-9-16(10-8-14)11-13-5-3-2-4-6-13/h2-6H,7-11H2,1H3. The predicted molar refractivity (Wildman–Crippen MR) is 66.3 cm³/mol. The molecule has 0 aliphatic carbocycles. The van der Waals surface area contributed by atoms with Gasteiger partial charge in [0.2, 0.25) is 0 Å². The molecule has 0 bridgehead atoms. The zero-order valence-corrected chi connectivity index (χ0v) is 10.2. The Balaban J connectivity index is 1.90. The Morgan fingerprint density at radius 2 is 1.94 bits per heavy atom. The van der Waals surface area contributed by atoms with Gasteiger partial charge < -0.3 is 4.74 Å². The van der Waals surface area contributed by atoms with Crippen LogP contribution in [0.3, 0.4) is 0 Å². The lowest BCUT2D eigenvalue weighted by atomic mass is 9.92. The summed E-state index contributed by atoms with van der Waals surface area (Å²) in [4.78, 5) is 2.38. The number of ether oxygens (including phenoxy) is 1. The van der Waals surface area contributed by atoms with Crippen molar-refractivity contribution in [3.63, 3.8) is 0 Å². The van der Waals surface area contributed by atoms with Crippen LogP contribution in [0, 0.1) is 11.3 Å². The summed E-state index contributed by atoms with van der Waals surface area (Å²) in [7, 11) is 1.63. The Bertz CT molecular complexity index is 388. The van der Waals surface area contributed by atoms with Gasteiger partial charge in [-0.05, 0) is 5.56 Å². The van der Waals surface area contributed by atoms with Crippen molar-refractivity contribution in [2.24, 2.45) is 0 Å². The SMILES string of the molecule is COC1(C#N)CCN(Cc2ccccc2)CC1. The van der Waals surface area contributed by atoms with E-state index in [-0.39, 0.29) is 0 Å². The van der Waals surface area contributed by atoms with Gasteiger partial charge in [0.05, 0.1) is 6.07 Å². The van der Waals surface area contributed by atoms with Crippen molar-refractivity contribution in [3.05, 3.63) is 35.9 Å². The third-order valence-electron chi connectivity index (χ3n) is 3.51. The number of methoxy groups -OCH3 is 1. The van der Waals surface area contributed by atoms with Crippen molar-refractivity contribution in [2.45, 2.75) is 25.0 Å². The lowest BCUT2D eigenvalue weighted by Gasteiger charge is -2.36. The second-order valence-corrected chi connectivity index (χ2v) is 4.57.